The number of carbonyl (C=O) groups excluding carboxylic acids is 1. The lowest BCUT2D eigenvalue weighted by molar-refractivity contribution is 0.0661. The number of hydrogen-bond acceptors (Lipinski definition) is 2. The first kappa shape index (κ1) is 13.6. The molecule has 0 aliphatic carbocycles. The Hall–Kier alpha value is -0.840. The third kappa shape index (κ3) is 2.94. The Morgan fingerprint density at radius 2 is 2.39 bits per heavy atom. The van der Waals surface area contributed by atoms with Crippen LogP contribution in [-0.4, -0.2) is 39.0 Å². The van der Waals surface area contributed by atoms with Crippen LogP contribution in [-0.2, 0) is 7.05 Å². The second-order valence-electron chi connectivity index (χ2n) is 5.03. The van der Waals surface area contributed by atoms with Gasteiger partial charge in [-0.15, -0.1) is 0 Å². The zero-order chi connectivity index (χ0) is 13.1. The molecule has 0 spiro atoms. The van der Waals surface area contributed by atoms with Crippen molar-refractivity contribution in [3.8, 4) is 0 Å². The second-order valence-corrected chi connectivity index (χ2v) is 5.82. The molecule has 0 N–H and O–H groups in total. The first-order valence-electron chi connectivity index (χ1n) is 6.47. The maximum atomic E-state index is 12.4. The fraction of sp³-hybridized carbons (Fsp3) is 0.692. The van der Waals surface area contributed by atoms with Gasteiger partial charge in [-0.1, -0.05) is 15.9 Å². The number of hydrogen-bond donors (Lipinski definition) is 0. The van der Waals surface area contributed by atoms with Gasteiger partial charge in [0.2, 0.25) is 0 Å². The lowest BCUT2D eigenvalue weighted by atomic mass is 9.95. The third-order valence-corrected chi connectivity index (χ3v) is 4.00. The van der Waals surface area contributed by atoms with Crippen LogP contribution in [0.15, 0.2) is 6.07 Å². The highest BCUT2D eigenvalue weighted by molar-refractivity contribution is 9.09. The molecule has 1 amide bonds. The molecule has 1 saturated heterocycles. The number of aryl methyl sites for hydroxylation is 2. The summed E-state index contributed by atoms with van der Waals surface area (Å²) in [4.78, 5) is 14.4. The van der Waals surface area contributed by atoms with Crippen LogP contribution >= 0.6 is 15.9 Å². The van der Waals surface area contributed by atoms with Gasteiger partial charge in [0.25, 0.3) is 5.91 Å². The van der Waals surface area contributed by atoms with Crippen LogP contribution in [0.3, 0.4) is 0 Å². The highest BCUT2D eigenvalue weighted by Gasteiger charge is 2.25. The Morgan fingerprint density at radius 1 is 1.61 bits per heavy atom. The summed E-state index contributed by atoms with van der Waals surface area (Å²) in [5.74, 6) is 0.758. The molecule has 1 fully saturated rings. The average Bonchev–Trinajstić information content (AvgIpc) is 2.68. The first-order valence-corrected chi connectivity index (χ1v) is 7.60. The van der Waals surface area contributed by atoms with Gasteiger partial charge in [0.1, 0.15) is 5.69 Å². The number of likely N-dealkylation sites (tertiary alicyclic amines) is 1. The van der Waals surface area contributed by atoms with E-state index >= 15 is 0 Å². The van der Waals surface area contributed by atoms with Crippen molar-refractivity contribution in [2.75, 3.05) is 18.4 Å². The topological polar surface area (TPSA) is 38.1 Å². The number of carbonyl (C=O) groups is 1. The van der Waals surface area contributed by atoms with Crippen LogP contribution in [0.5, 0.6) is 0 Å². The van der Waals surface area contributed by atoms with E-state index in [-0.39, 0.29) is 5.91 Å². The van der Waals surface area contributed by atoms with Crippen LogP contribution in [0.25, 0.3) is 0 Å². The fourth-order valence-electron chi connectivity index (χ4n) is 2.61. The quantitative estimate of drug-likeness (QED) is 0.803. The minimum atomic E-state index is 0.123. The van der Waals surface area contributed by atoms with Gasteiger partial charge in [-0.3, -0.25) is 9.48 Å². The Morgan fingerprint density at radius 3 is 3.00 bits per heavy atom. The van der Waals surface area contributed by atoms with Crippen molar-refractivity contribution in [1.82, 2.24) is 14.7 Å². The minimum absolute atomic E-state index is 0.123. The zero-order valence-corrected chi connectivity index (χ0v) is 12.6. The number of rotatable bonds is 3. The Labute approximate surface area is 116 Å². The molecule has 2 heterocycles. The summed E-state index contributed by atoms with van der Waals surface area (Å²) in [7, 11) is 1.83. The first-order chi connectivity index (χ1) is 8.61. The largest absolute Gasteiger partial charge is 0.337 e. The molecule has 1 aromatic rings. The van der Waals surface area contributed by atoms with Gasteiger partial charge in [-0.25, -0.2) is 0 Å². The van der Waals surface area contributed by atoms with Gasteiger partial charge in [-0.05, 0) is 38.2 Å². The van der Waals surface area contributed by atoms with Crippen LogP contribution in [0.1, 0.15) is 35.4 Å². The molecule has 18 heavy (non-hydrogen) atoms. The van der Waals surface area contributed by atoms with E-state index in [1.165, 1.54) is 6.42 Å². The van der Waals surface area contributed by atoms with Gasteiger partial charge in [0, 0.05) is 25.5 Å². The third-order valence-electron chi connectivity index (χ3n) is 3.54. The summed E-state index contributed by atoms with van der Waals surface area (Å²) < 4.78 is 1.69. The molecule has 1 aromatic heterocycles. The molecule has 1 atom stereocenters. The van der Waals surface area contributed by atoms with Crippen molar-refractivity contribution in [1.29, 1.82) is 0 Å². The molecule has 0 saturated carbocycles. The van der Waals surface area contributed by atoms with E-state index in [0.717, 1.165) is 37.0 Å². The zero-order valence-electron chi connectivity index (χ0n) is 11.0. The van der Waals surface area contributed by atoms with Gasteiger partial charge >= 0.3 is 0 Å². The van der Waals surface area contributed by atoms with Crippen LogP contribution in [0, 0.1) is 12.8 Å². The van der Waals surface area contributed by atoms with E-state index in [1.54, 1.807) is 4.68 Å². The van der Waals surface area contributed by atoms with Crippen LogP contribution in [0.2, 0.25) is 0 Å². The molecule has 1 unspecified atom stereocenters. The van der Waals surface area contributed by atoms with Crippen molar-refractivity contribution in [3.05, 3.63) is 17.5 Å². The van der Waals surface area contributed by atoms with E-state index in [9.17, 15) is 4.79 Å². The summed E-state index contributed by atoms with van der Waals surface area (Å²) in [6, 6.07) is 1.87. The van der Waals surface area contributed by atoms with Crippen molar-refractivity contribution >= 4 is 21.8 Å². The molecule has 0 aromatic carbocycles. The Bertz CT molecular complexity index is 428. The second kappa shape index (κ2) is 5.87. The lowest BCUT2D eigenvalue weighted by Crippen LogP contribution is -2.40. The van der Waals surface area contributed by atoms with Crippen molar-refractivity contribution in [3.63, 3.8) is 0 Å². The number of halogens is 1. The predicted molar refractivity (Wildman–Crippen MR) is 75.0 cm³/mol. The number of piperidine rings is 1. The maximum absolute atomic E-state index is 12.4. The summed E-state index contributed by atoms with van der Waals surface area (Å²) in [6.45, 7) is 3.68. The molecule has 5 heteroatoms. The van der Waals surface area contributed by atoms with Gasteiger partial charge in [0.15, 0.2) is 0 Å². The average molecular weight is 314 g/mol. The predicted octanol–water partition coefficient (Wildman–Crippen LogP) is 2.37. The van der Waals surface area contributed by atoms with E-state index in [0.29, 0.717) is 11.6 Å². The minimum Gasteiger partial charge on any atom is -0.337 e. The maximum Gasteiger partial charge on any atom is 0.272 e. The van der Waals surface area contributed by atoms with Crippen molar-refractivity contribution < 1.29 is 4.79 Å². The summed E-state index contributed by atoms with van der Waals surface area (Å²) in [5, 5.41) is 5.26. The van der Waals surface area contributed by atoms with Crippen molar-refractivity contribution in [2.24, 2.45) is 13.0 Å². The summed E-state index contributed by atoms with van der Waals surface area (Å²) in [6.07, 6.45) is 3.49. The number of nitrogens with zero attached hydrogens (tertiary/aromatic N) is 3. The van der Waals surface area contributed by atoms with Gasteiger partial charge in [0.05, 0.1) is 5.69 Å². The molecular formula is C13H20BrN3O. The molecule has 1 aliphatic heterocycles. The molecule has 1 aliphatic rings. The fourth-order valence-corrected chi connectivity index (χ4v) is 3.26. The van der Waals surface area contributed by atoms with Gasteiger partial charge < -0.3 is 4.90 Å². The highest BCUT2D eigenvalue weighted by atomic mass is 79.9. The molecule has 100 valence electrons. The number of amides is 1. The number of aromatic nitrogens is 2. The van der Waals surface area contributed by atoms with Crippen LogP contribution < -0.4 is 0 Å². The van der Waals surface area contributed by atoms with E-state index in [1.807, 2.05) is 24.9 Å². The molecule has 4 nitrogen and oxygen atoms in total. The molecule has 0 bridgehead atoms. The van der Waals surface area contributed by atoms with Gasteiger partial charge in [-0.2, -0.15) is 5.10 Å². The summed E-state index contributed by atoms with van der Waals surface area (Å²) in [5.41, 5.74) is 1.60. The Balaban J connectivity index is 2.06. The smallest absolute Gasteiger partial charge is 0.272 e. The van der Waals surface area contributed by atoms with E-state index in [4.69, 9.17) is 0 Å². The standard InChI is InChI=1S/C13H20BrN3O/c1-10-8-12(16(2)15-10)13(18)17-7-3-4-11(9-17)5-6-14/h8,11H,3-7,9H2,1-2H3. The SMILES string of the molecule is Cc1cc(C(=O)N2CCCC(CCBr)C2)n(C)n1. The van der Waals surface area contributed by atoms with Crippen molar-refractivity contribution in [2.45, 2.75) is 26.2 Å². The summed E-state index contributed by atoms with van der Waals surface area (Å²) >= 11 is 3.48. The number of alkyl halides is 1. The lowest BCUT2D eigenvalue weighted by Gasteiger charge is -2.32. The monoisotopic (exact) mass is 313 g/mol. The highest BCUT2D eigenvalue weighted by Crippen LogP contribution is 2.22. The van der Waals surface area contributed by atoms with Crippen LogP contribution in [0.4, 0.5) is 0 Å². The van der Waals surface area contributed by atoms with E-state index in [2.05, 4.69) is 21.0 Å². The molecule has 2 rings (SSSR count). The Kier molecular flexibility index (Phi) is 4.43. The normalized spacial score (nSPS) is 20.2. The molecule has 0 radical (unpaired) electrons. The molecular weight excluding hydrogens is 294 g/mol. The van der Waals surface area contributed by atoms with E-state index < -0.39 is 0 Å².